The van der Waals surface area contributed by atoms with Gasteiger partial charge >= 0.3 is 11.9 Å². The zero-order valence-corrected chi connectivity index (χ0v) is 21.9. The Balaban J connectivity index is 1.56. The highest BCUT2D eigenvalue weighted by Gasteiger charge is 2.67. The van der Waals surface area contributed by atoms with Crippen LogP contribution >= 0.6 is 0 Å². The summed E-state index contributed by atoms with van der Waals surface area (Å²) in [4.78, 5) is 59.1. The first-order valence-corrected chi connectivity index (χ1v) is 12.9. The molecule has 0 radical (unpaired) electrons. The summed E-state index contributed by atoms with van der Waals surface area (Å²) in [7, 11) is 0. The van der Waals surface area contributed by atoms with Gasteiger partial charge in [0.25, 0.3) is 5.56 Å². The topological polar surface area (TPSA) is 131 Å². The molecule has 4 heterocycles. The number of fused-ring (bicyclic) bond motifs is 6. The number of benzene rings is 2. The summed E-state index contributed by atoms with van der Waals surface area (Å²) in [5, 5.41) is 12.2. The molecular weight excluding hydrogens is 504 g/mol. The van der Waals surface area contributed by atoms with Gasteiger partial charge in [-0.2, -0.15) is 5.06 Å². The molecule has 0 bridgehead atoms. The van der Waals surface area contributed by atoms with Gasteiger partial charge in [-0.15, -0.1) is 0 Å². The first kappa shape index (κ1) is 25.2. The molecule has 39 heavy (non-hydrogen) atoms. The minimum Gasteiger partial charge on any atom is -0.454 e. The van der Waals surface area contributed by atoms with Crippen LogP contribution in [-0.4, -0.2) is 49.9 Å². The summed E-state index contributed by atoms with van der Waals surface area (Å²) < 4.78 is 13.0. The number of ether oxygens (including phenoxy) is 2. The molecule has 5 atom stereocenters. The van der Waals surface area contributed by atoms with Crippen molar-refractivity contribution in [3.63, 3.8) is 0 Å². The summed E-state index contributed by atoms with van der Waals surface area (Å²) in [6, 6.07) is 11.8. The van der Waals surface area contributed by atoms with E-state index in [-0.39, 0.29) is 24.1 Å². The standard InChI is InChI=1S/C28H28N4O7/c1-14(2)22(38-16(4)33)23-29-19-11-7-5-9-17(19)25(35)30(23)21-13-28(39-26(21)36)18-10-6-8-12-20(18)31-24(34)15(3)32(37)27(28)31/h5-12,14-15,21-22,27,37H,13H2,1-4H3/t15-,21-,22+,27+,28+/m0/s1. The molecule has 3 aliphatic heterocycles. The van der Waals surface area contributed by atoms with Crippen molar-refractivity contribution in [2.75, 3.05) is 4.90 Å². The van der Waals surface area contributed by atoms with Gasteiger partial charge in [-0.3, -0.25) is 23.9 Å². The molecule has 202 valence electrons. The van der Waals surface area contributed by atoms with Crippen LogP contribution in [0.2, 0.25) is 0 Å². The minimum atomic E-state index is -1.44. The van der Waals surface area contributed by atoms with Gasteiger partial charge < -0.3 is 14.7 Å². The Labute approximate surface area is 223 Å². The van der Waals surface area contributed by atoms with E-state index in [1.165, 1.54) is 16.4 Å². The molecule has 11 heteroatoms. The Morgan fingerprint density at radius 1 is 1.13 bits per heavy atom. The van der Waals surface area contributed by atoms with Crippen molar-refractivity contribution >= 4 is 34.4 Å². The molecule has 0 saturated carbocycles. The highest BCUT2D eigenvalue weighted by atomic mass is 16.6. The van der Waals surface area contributed by atoms with E-state index in [1.807, 2.05) is 13.8 Å². The van der Waals surface area contributed by atoms with E-state index >= 15 is 0 Å². The monoisotopic (exact) mass is 532 g/mol. The molecule has 2 fully saturated rings. The van der Waals surface area contributed by atoms with E-state index in [9.17, 15) is 24.4 Å². The number of aromatic nitrogens is 2. The number of hydrogen-bond acceptors (Lipinski definition) is 9. The third-order valence-electron chi connectivity index (χ3n) is 7.87. The lowest BCUT2D eigenvalue weighted by molar-refractivity contribution is -0.190. The summed E-state index contributed by atoms with van der Waals surface area (Å²) in [5.74, 6) is -1.74. The Hall–Kier alpha value is -4.09. The van der Waals surface area contributed by atoms with Gasteiger partial charge in [-0.1, -0.05) is 44.2 Å². The largest absolute Gasteiger partial charge is 0.454 e. The first-order valence-electron chi connectivity index (χ1n) is 12.9. The van der Waals surface area contributed by atoms with E-state index < -0.39 is 47.5 Å². The highest BCUT2D eigenvalue weighted by Crippen LogP contribution is 2.57. The molecule has 11 nitrogen and oxygen atoms in total. The van der Waals surface area contributed by atoms with Crippen LogP contribution < -0.4 is 10.5 Å². The molecule has 3 aliphatic rings. The number of carbonyl (C=O) groups is 3. The molecule has 6 rings (SSSR count). The van der Waals surface area contributed by atoms with Crippen LogP contribution in [0.5, 0.6) is 0 Å². The number of para-hydroxylation sites is 2. The quantitative estimate of drug-likeness (QED) is 0.504. The van der Waals surface area contributed by atoms with Crippen LogP contribution in [0.3, 0.4) is 0 Å². The highest BCUT2D eigenvalue weighted by molar-refractivity contribution is 6.02. The van der Waals surface area contributed by atoms with Crippen LogP contribution in [0.1, 0.15) is 57.6 Å². The van der Waals surface area contributed by atoms with Crippen LogP contribution in [-0.2, 0) is 29.5 Å². The fraction of sp³-hybridized carbons (Fsp3) is 0.393. The summed E-state index contributed by atoms with van der Waals surface area (Å²) >= 11 is 0. The van der Waals surface area contributed by atoms with Crippen molar-refractivity contribution in [1.82, 2.24) is 14.6 Å². The van der Waals surface area contributed by atoms with Crippen molar-refractivity contribution in [3.05, 3.63) is 70.3 Å². The van der Waals surface area contributed by atoms with E-state index in [0.29, 0.717) is 22.2 Å². The number of anilines is 1. The Morgan fingerprint density at radius 2 is 1.82 bits per heavy atom. The van der Waals surface area contributed by atoms with Crippen LogP contribution in [0.4, 0.5) is 5.69 Å². The smallest absolute Gasteiger partial charge is 0.330 e. The van der Waals surface area contributed by atoms with E-state index in [0.717, 1.165) is 5.06 Å². The maximum atomic E-state index is 14.0. The number of esters is 2. The molecule has 1 aromatic heterocycles. The van der Waals surface area contributed by atoms with Crippen LogP contribution in [0.25, 0.3) is 10.9 Å². The SMILES string of the molecule is CC(=O)O[C@@H](c1nc2ccccc2c(=O)n1[C@H]1C[C@@]2(OC1=O)c1ccccc1N1C(=O)[C@H](C)N(O)[C@@H]12)C(C)C. The third kappa shape index (κ3) is 3.46. The maximum Gasteiger partial charge on any atom is 0.330 e. The molecule has 1 N–H and O–H groups in total. The molecule has 2 saturated heterocycles. The Bertz CT molecular complexity index is 1600. The summed E-state index contributed by atoms with van der Waals surface area (Å²) in [5.41, 5.74) is -0.415. The maximum absolute atomic E-state index is 14.0. The van der Waals surface area contributed by atoms with Crippen molar-refractivity contribution in [2.45, 2.75) is 64.1 Å². The normalized spacial score (nSPS) is 26.8. The molecule has 0 unspecified atom stereocenters. The van der Waals surface area contributed by atoms with Crippen molar-refractivity contribution < 1.29 is 29.1 Å². The second-order valence-corrected chi connectivity index (χ2v) is 10.6. The predicted octanol–water partition coefficient (Wildman–Crippen LogP) is 2.81. The first-order chi connectivity index (χ1) is 18.6. The van der Waals surface area contributed by atoms with E-state index in [2.05, 4.69) is 0 Å². The third-order valence-corrected chi connectivity index (χ3v) is 7.87. The van der Waals surface area contributed by atoms with Gasteiger partial charge in [0.15, 0.2) is 23.7 Å². The Kier molecular flexibility index (Phi) is 5.63. The Morgan fingerprint density at radius 3 is 2.54 bits per heavy atom. The average molecular weight is 533 g/mol. The molecule has 1 amide bonds. The summed E-state index contributed by atoms with van der Waals surface area (Å²) in [6.07, 6.45) is -1.98. The van der Waals surface area contributed by atoms with Gasteiger partial charge in [0, 0.05) is 18.9 Å². The van der Waals surface area contributed by atoms with E-state index in [1.54, 1.807) is 55.5 Å². The van der Waals surface area contributed by atoms with Crippen molar-refractivity contribution in [3.8, 4) is 0 Å². The van der Waals surface area contributed by atoms with Gasteiger partial charge in [0.1, 0.15) is 12.1 Å². The second-order valence-electron chi connectivity index (χ2n) is 10.6. The lowest BCUT2D eigenvalue weighted by atomic mass is 9.88. The van der Waals surface area contributed by atoms with Crippen LogP contribution in [0, 0.1) is 5.92 Å². The van der Waals surface area contributed by atoms with Gasteiger partial charge in [-0.05, 0) is 31.0 Å². The zero-order chi connectivity index (χ0) is 27.8. The van der Waals surface area contributed by atoms with E-state index in [4.69, 9.17) is 14.5 Å². The number of carbonyl (C=O) groups excluding carboxylic acids is 3. The molecular formula is C28H28N4O7. The minimum absolute atomic E-state index is 0.0567. The fourth-order valence-electron chi connectivity index (χ4n) is 6.13. The lowest BCUT2D eigenvalue weighted by Gasteiger charge is -2.33. The predicted molar refractivity (Wildman–Crippen MR) is 138 cm³/mol. The second kappa shape index (κ2) is 8.72. The van der Waals surface area contributed by atoms with Gasteiger partial charge in [0.2, 0.25) is 5.91 Å². The fourth-order valence-corrected chi connectivity index (χ4v) is 6.13. The number of hydrogen-bond donors (Lipinski definition) is 1. The molecule has 3 aromatic rings. The number of hydroxylamine groups is 2. The number of rotatable bonds is 4. The molecule has 1 spiro atoms. The van der Waals surface area contributed by atoms with Gasteiger partial charge in [0.05, 0.1) is 16.6 Å². The van der Waals surface area contributed by atoms with Crippen LogP contribution in [0.15, 0.2) is 53.3 Å². The average Bonchev–Trinajstić information content (AvgIpc) is 3.47. The zero-order valence-electron chi connectivity index (χ0n) is 21.9. The summed E-state index contributed by atoms with van der Waals surface area (Å²) in [6.45, 7) is 6.51. The number of amides is 1. The van der Waals surface area contributed by atoms with Crippen molar-refractivity contribution in [1.29, 1.82) is 0 Å². The molecule has 0 aliphatic carbocycles. The van der Waals surface area contributed by atoms with Crippen molar-refractivity contribution in [2.24, 2.45) is 5.92 Å². The molecule has 2 aromatic carbocycles. The van der Waals surface area contributed by atoms with Gasteiger partial charge in [-0.25, -0.2) is 9.78 Å². The lowest BCUT2D eigenvalue weighted by Crippen LogP contribution is -2.50. The number of nitrogens with zero attached hydrogens (tertiary/aromatic N) is 4.